The molecular formula is C32H40Cl2N2O. The minimum Gasteiger partial charge on any atom is -0.303 e. The fourth-order valence-electron chi connectivity index (χ4n) is 5.75. The molecule has 2 aliphatic heterocycles. The molecule has 0 aromatic heterocycles. The number of halogens is 2. The van der Waals surface area contributed by atoms with Crippen LogP contribution in [0.15, 0.2) is 78.9 Å². The summed E-state index contributed by atoms with van der Waals surface area (Å²) in [5.41, 5.74) is 6.16. The Bertz CT molecular complexity index is 1100. The zero-order valence-corrected chi connectivity index (χ0v) is 23.3. The first kappa shape index (κ1) is 29.4. The first-order valence-corrected chi connectivity index (χ1v) is 13.5. The number of hydrogen-bond acceptors (Lipinski definition) is 3. The van der Waals surface area contributed by atoms with Gasteiger partial charge in [0.1, 0.15) is 0 Å². The van der Waals surface area contributed by atoms with E-state index in [1.54, 1.807) is 0 Å². The van der Waals surface area contributed by atoms with Gasteiger partial charge in [-0.1, -0.05) is 79.2 Å². The highest BCUT2D eigenvalue weighted by Crippen LogP contribution is 2.28. The molecule has 1 saturated heterocycles. The average molecular weight is 540 g/mol. The van der Waals surface area contributed by atoms with Crippen molar-refractivity contribution in [2.45, 2.75) is 51.0 Å². The standard InChI is InChI=1S/C32H38N2O.2ClH/c35-32(31(28-12-6-2-7-13-28)18-23-33-19-8-3-9-20-33)30-15-14-27-16-21-34(22-17-29(27)24-30)25-26-10-4-1-5-11-26;;/h1-2,4-7,10-15,24,31H,3,8-9,16-23,25H2;2*1H. The molecule has 0 aliphatic carbocycles. The molecular weight excluding hydrogens is 499 g/mol. The third-order valence-electron chi connectivity index (χ3n) is 7.84. The molecule has 37 heavy (non-hydrogen) atoms. The first-order valence-electron chi connectivity index (χ1n) is 13.5. The van der Waals surface area contributed by atoms with Crippen LogP contribution >= 0.6 is 24.8 Å². The predicted octanol–water partition coefficient (Wildman–Crippen LogP) is 6.97. The van der Waals surface area contributed by atoms with Gasteiger partial charge < -0.3 is 4.90 Å². The van der Waals surface area contributed by atoms with Gasteiger partial charge in [-0.3, -0.25) is 9.69 Å². The highest BCUT2D eigenvalue weighted by molar-refractivity contribution is 6.01. The van der Waals surface area contributed by atoms with Crippen molar-refractivity contribution in [2.75, 3.05) is 32.7 Å². The molecule has 1 atom stereocenters. The van der Waals surface area contributed by atoms with E-state index in [1.807, 2.05) is 6.07 Å². The van der Waals surface area contributed by atoms with Crippen molar-refractivity contribution in [3.63, 3.8) is 0 Å². The van der Waals surface area contributed by atoms with E-state index in [1.165, 1.54) is 49.0 Å². The Morgan fingerprint density at radius 2 is 1.35 bits per heavy atom. The van der Waals surface area contributed by atoms with Crippen LogP contribution in [-0.2, 0) is 19.4 Å². The Kier molecular flexibility index (Phi) is 11.7. The third kappa shape index (κ3) is 7.91. The molecule has 0 bridgehead atoms. The van der Waals surface area contributed by atoms with Gasteiger partial charge in [-0.05, 0) is 80.1 Å². The number of carbonyl (C=O) groups excluding carboxylic acids is 1. The minimum absolute atomic E-state index is 0. The van der Waals surface area contributed by atoms with Gasteiger partial charge in [0.05, 0.1) is 0 Å². The van der Waals surface area contributed by atoms with Crippen molar-refractivity contribution in [1.82, 2.24) is 9.80 Å². The third-order valence-corrected chi connectivity index (χ3v) is 7.84. The second-order valence-electron chi connectivity index (χ2n) is 10.3. The Labute approximate surface area is 235 Å². The number of fused-ring (bicyclic) bond motifs is 1. The molecule has 3 aromatic rings. The van der Waals surface area contributed by atoms with Crippen LogP contribution < -0.4 is 0 Å². The van der Waals surface area contributed by atoms with Crippen LogP contribution in [0, 0.1) is 0 Å². The van der Waals surface area contributed by atoms with Gasteiger partial charge in [0, 0.05) is 31.1 Å². The van der Waals surface area contributed by atoms with Gasteiger partial charge in [0.2, 0.25) is 0 Å². The van der Waals surface area contributed by atoms with Crippen LogP contribution in [0.25, 0.3) is 0 Å². The van der Waals surface area contributed by atoms with Crippen LogP contribution in [0.5, 0.6) is 0 Å². The monoisotopic (exact) mass is 538 g/mol. The van der Waals surface area contributed by atoms with E-state index < -0.39 is 0 Å². The maximum Gasteiger partial charge on any atom is 0.170 e. The molecule has 3 nitrogen and oxygen atoms in total. The molecule has 1 unspecified atom stereocenters. The van der Waals surface area contributed by atoms with Crippen LogP contribution in [-0.4, -0.2) is 48.3 Å². The van der Waals surface area contributed by atoms with Crippen molar-refractivity contribution in [1.29, 1.82) is 0 Å². The van der Waals surface area contributed by atoms with E-state index >= 15 is 0 Å². The molecule has 2 aliphatic rings. The Morgan fingerprint density at radius 3 is 2.05 bits per heavy atom. The largest absolute Gasteiger partial charge is 0.303 e. The normalized spacial score (nSPS) is 17.0. The second kappa shape index (κ2) is 14.7. The number of piperidine rings is 1. The quantitative estimate of drug-likeness (QED) is 0.289. The van der Waals surface area contributed by atoms with Crippen molar-refractivity contribution < 1.29 is 4.79 Å². The van der Waals surface area contributed by atoms with Gasteiger partial charge in [-0.2, -0.15) is 0 Å². The Hall–Kier alpha value is -2.17. The summed E-state index contributed by atoms with van der Waals surface area (Å²) in [5.74, 6) is 0.206. The number of ketones is 1. The maximum absolute atomic E-state index is 13.9. The fraction of sp³-hybridized carbons (Fsp3) is 0.406. The van der Waals surface area contributed by atoms with Crippen LogP contribution in [0.3, 0.4) is 0 Å². The summed E-state index contributed by atoms with van der Waals surface area (Å²) < 4.78 is 0. The maximum atomic E-state index is 13.9. The SMILES string of the molecule is Cl.Cl.O=C(c1ccc2c(c1)CCN(Cc1ccccc1)CC2)C(CCN1CCCCC1)c1ccccc1. The number of hydrogen-bond donors (Lipinski definition) is 0. The van der Waals surface area contributed by atoms with E-state index in [0.717, 1.165) is 56.6 Å². The summed E-state index contributed by atoms with van der Waals surface area (Å²) in [5, 5.41) is 0. The molecule has 0 amide bonds. The summed E-state index contributed by atoms with van der Waals surface area (Å²) in [6.07, 6.45) is 6.87. The highest BCUT2D eigenvalue weighted by atomic mass is 35.5. The molecule has 1 fully saturated rings. The van der Waals surface area contributed by atoms with Crippen LogP contribution in [0.1, 0.15) is 64.2 Å². The molecule has 3 aromatic carbocycles. The second-order valence-corrected chi connectivity index (χ2v) is 10.3. The minimum atomic E-state index is -0.0727. The zero-order valence-electron chi connectivity index (χ0n) is 21.7. The highest BCUT2D eigenvalue weighted by Gasteiger charge is 2.25. The lowest BCUT2D eigenvalue weighted by atomic mass is 9.86. The van der Waals surface area contributed by atoms with E-state index in [2.05, 4.69) is 82.6 Å². The smallest absolute Gasteiger partial charge is 0.170 e. The number of rotatable bonds is 8. The number of benzene rings is 3. The molecule has 198 valence electrons. The van der Waals surface area contributed by atoms with E-state index in [0.29, 0.717) is 0 Å². The Balaban J connectivity index is 0.00000190. The van der Waals surface area contributed by atoms with Crippen molar-refractivity contribution >= 4 is 30.6 Å². The number of nitrogens with zero attached hydrogens (tertiary/aromatic N) is 2. The van der Waals surface area contributed by atoms with Crippen LogP contribution in [0.4, 0.5) is 0 Å². The number of Topliss-reactive ketones (excluding diaryl/α,β-unsaturated/α-hetero) is 1. The molecule has 0 N–H and O–H groups in total. The lowest BCUT2D eigenvalue weighted by molar-refractivity contribution is 0.0945. The summed E-state index contributed by atoms with van der Waals surface area (Å²) in [4.78, 5) is 19.0. The summed E-state index contributed by atoms with van der Waals surface area (Å²) >= 11 is 0. The van der Waals surface area contributed by atoms with E-state index in [-0.39, 0.29) is 36.5 Å². The van der Waals surface area contributed by atoms with Crippen LogP contribution in [0.2, 0.25) is 0 Å². The van der Waals surface area contributed by atoms with Gasteiger partial charge >= 0.3 is 0 Å². The van der Waals surface area contributed by atoms with Crippen molar-refractivity contribution in [3.8, 4) is 0 Å². The van der Waals surface area contributed by atoms with Gasteiger partial charge in [0.15, 0.2) is 5.78 Å². The number of likely N-dealkylation sites (tertiary alicyclic amines) is 1. The predicted molar refractivity (Wildman–Crippen MR) is 158 cm³/mol. The van der Waals surface area contributed by atoms with E-state index in [9.17, 15) is 4.79 Å². The zero-order chi connectivity index (χ0) is 23.9. The molecule has 0 spiro atoms. The van der Waals surface area contributed by atoms with Gasteiger partial charge in [-0.15, -0.1) is 24.8 Å². The first-order chi connectivity index (χ1) is 17.3. The van der Waals surface area contributed by atoms with Gasteiger partial charge in [-0.25, -0.2) is 0 Å². The number of carbonyl (C=O) groups is 1. The molecule has 5 heteroatoms. The topological polar surface area (TPSA) is 23.6 Å². The summed E-state index contributed by atoms with van der Waals surface area (Å²) in [6, 6.07) is 27.7. The lowest BCUT2D eigenvalue weighted by Crippen LogP contribution is -2.32. The van der Waals surface area contributed by atoms with Crippen molar-refractivity contribution in [3.05, 3.63) is 107 Å². The molecule has 0 radical (unpaired) electrons. The van der Waals surface area contributed by atoms with Gasteiger partial charge in [0.25, 0.3) is 0 Å². The summed E-state index contributed by atoms with van der Waals surface area (Å²) in [7, 11) is 0. The lowest BCUT2D eigenvalue weighted by Gasteiger charge is -2.28. The fourth-order valence-corrected chi connectivity index (χ4v) is 5.75. The van der Waals surface area contributed by atoms with Crippen molar-refractivity contribution in [2.24, 2.45) is 0 Å². The Morgan fingerprint density at radius 1 is 0.703 bits per heavy atom. The van der Waals surface area contributed by atoms with E-state index in [4.69, 9.17) is 0 Å². The average Bonchev–Trinajstić information content (AvgIpc) is 3.12. The molecule has 5 rings (SSSR count). The summed E-state index contributed by atoms with van der Waals surface area (Å²) in [6.45, 7) is 6.45. The molecule has 0 saturated carbocycles. The molecule has 2 heterocycles.